The molecule has 0 bridgehead atoms. The molecule has 3 nitrogen and oxygen atoms in total. The van der Waals surface area contributed by atoms with Gasteiger partial charge < -0.3 is 15.2 Å². The first-order valence-corrected chi connectivity index (χ1v) is 10.1. The van der Waals surface area contributed by atoms with Crippen molar-refractivity contribution in [3.05, 3.63) is 71.8 Å². The monoisotopic (exact) mass is 375 g/mol. The summed E-state index contributed by atoms with van der Waals surface area (Å²) in [6.45, 7) is 8.46. The van der Waals surface area contributed by atoms with E-state index in [0.29, 0.717) is 5.75 Å². The Morgan fingerprint density at radius 3 is 2.39 bits per heavy atom. The van der Waals surface area contributed by atoms with Gasteiger partial charge in [0.25, 0.3) is 0 Å². The molecular weight excluding hydrogens is 346 g/mol. The van der Waals surface area contributed by atoms with Gasteiger partial charge in [-0.2, -0.15) is 0 Å². The van der Waals surface area contributed by atoms with Gasteiger partial charge in [-0.15, -0.1) is 0 Å². The number of hydrogen-bond donors (Lipinski definition) is 2. The largest absolute Gasteiger partial charge is 0.507 e. The minimum atomic E-state index is 0.0576. The molecule has 0 radical (unpaired) electrons. The third kappa shape index (κ3) is 3.72. The van der Waals surface area contributed by atoms with Gasteiger partial charge in [0.2, 0.25) is 0 Å². The lowest BCUT2D eigenvalue weighted by atomic mass is 9.84. The van der Waals surface area contributed by atoms with Crippen LogP contribution in [0.5, 0.6) is 11.5 Å². The second-order valence-electron chi connectivity index (χ2n) is 8.75. The summed E-state index contributed by atoms with van der Waals surface area (Å²) in [6.07, 6.45) is 1.07. The summed E-state index contributed by atoms with van der Waals surface area (Å²) >= 11 is 0. The number of nitrogens with one attached hydrogen (secondary N) is 1. The van der Waals surface area contributed by atoms with Gasteiger partial charge in [-0.25, -0.2) is 0 Å². The molecule has 1 aliphatic rings. The lowest BCUT2D eigenvalue weighted by Gasteiger charge is -2.33. The Kier molecular flexibility index (Phi) is 5.03. The van der Waals surface area contributed by atoms with E-state index < -0.39 is 0 Å². The summed E-state index contributed by atoms with van der Waals surface area (Å²) in [7, 11) is 0. The number of phenols is 1. The highest BCUT2D eigenvalue weighted by molar-refractivity contribution is 5.91. The first-order chi connectivity index (χ1) is 13.4. The van der Waals surface area contributed by atoms with E-state index in [1.165, 1.54) is 11.1 Å². The first kappa shape index (κ1) is 18.8. The summed E-state index contributed by atoms with van der Waals surface area (Å²) in [5, 5.41) is 15.7. The molecule has 2 unspecified atom stereocenters. The molecule has 2 atom stereocenters. The number of ether oxygens (including phenoxy) is 1. The average molecular weight is 376 g/mol. The molecule has 0 aliphatic carbocycles. The second kappa shape index (κ2) is 7.48. The fourth-order valence-electron chi connectivity index (χ4n) is 4.16. The molecule has 0 amide bonds. The normalized spacial score (nSPS) is 20.2. The van der Waals surface area contributed by atoms with Crippen molar-refractivity contribution in [1.29, 1.82) is 0 Å². The van der Waals surface area contributed by atoms with Crippen molar-refractivity contribution in [1.82, 2.24) is 5.32 Å². The SMILES string of the molecule is CC(C)(C)c1ccc(OC2CNCCC2c2cccc3c(O)cccc23)cc1. The molecule has 2 N–H and O–H groups in total. The molecule has 0 saturated carbocycles. The highest BCUT2D eigenvalue weighted by Crippen LogP contribution is 2.36. The Hall–Kier alpha value is -2.52. The van der Waals surface area contributed by atoms with Crippen LogP contribution in [0.25, 0.3) is 10.8 Å². The predicted molar refractivity (Wildman–Crippen MR) is 115 cm³/mol. The molecule has 146 valence electrons. The summed E-state index contributed by atoms with van der Waals surface area (Å²) in [5.74, 6) is 1.53. The lowest BCUT2D eigenvalue weighted by molar-refractivity contribution is 0.143. The number of piperidine rings is 1. The summed E-state index contributed by atoms with van der Waals surface area (Å²) in [5.41, 5.74) is 2.70. The zero-order valence-electron chi connectivity index (χ0n) is 16.9. The molecular formula is C25H29NO2. The molecule has 1 fully saturated rings. The molecule has 3 heteroatoms. The number of benzene rings is 3. The van der Waals surface area contributed by atoms with Crippen molar-refractivity contribution in [3.8, 4) is 11.5 Å². The van der Waals surface area contributed by atoms with Gasteiger partial charge in [0.15, 0.2) is 0 Å². The molecule has 1 saturated heterocycles. The Bertz CT molecular complexity index is 956. The maximum Gasteiger partial charge on any atom is 0.123 e. The predicted octanol–water partition coefficient (Wildman–Crippen LogP) is 5.37. The Labute approximate surface area is 167 Å². The van der Waals surface area contributed by atoms with Crippen LogP contribution in [0, 0.1) is 0 Å². The van der Waals surface area contributed by atoms with Crippen LogP contribution in [-0.4, -0.2) is 24.3 Å². The van der Waals surface area contributed by atoms with E-state index in [2.05, 4.69) is 62.5 Å². The minimum Gasteiger partial charge on any atom is -0.507 e. The van der Waals surface area contributed by atoms with Gasteiger partial charge in [0.1, 0.15) is 17.6 Å². The van der Waals surface area contributed by atoms with Crippen molar-refractivity contribution in [2.45, 2.75) is 44.6 Å². The van der Waals surface area contributed by atoms with Crippen molar-refractivity contribution < 1.29 is 9.84 Å². The van der Waals surface area contributed by atoms with Crippen LogP contribution >= 0.6 is 0 Å². The van der Waals surface area contributed by atoms with E-state index in [1.54, 1.807) is 6.07 Å². The zero-order valence-corrected chi connectivity index (χ0v) is 16.9. The molecule has 1 heterocycles. The summed E-state index contributed by atoms with van der Waals surface area (Å²) < 4.78 is 6.44. The van der Waals surface area contributed by atoms with Gasteiger partial charge in [0, 0.05) is 17.8 Å². The first-order valence-electron chi connectivity index (χ1n) is 10.1. The average Bonchev–Trinajstić information content (AvgIpc) is 2.68. The van der Waals surface area contributed by atoms with E-state index >= 15 is 0 Å². The van der Waals surface area contributed by atoms with Crippen LogP contribution in [0.4, 0.5) is 0 Å². The number of phenolic OH excluding ortho intramolecular Hbond substituents is 1. The van der Waals surface area contributed by atoms with Crippen LogP contribution in [-0.2, 0) is 5.41 Å². The minimum absolute atomic E-state index is 0.0576. The van der Waals surface area contributed by atoms with Gasteiger partial charge in [-0.05, 0) is 53.1 Å². The molecule has 1 aliphatic heterocycles. The third-order valence-corrected chi connectivity index (χ3v) is 5.77. The zero-order chi connectivity index (χ0) is 19.7. The number of fused-ring (bicyclic) bond motifs is 1. The quantitative estimate of drug-likeness (QED) is 0.647. The highest BCUT2D eigenvalue weighted by atomic mass is 16.5. The Balaban J connectivity index is 1.63. The maximum absolute atomic E-state index is 10.2. The summed E-state index contributed by atoms with van der Waals surface area (Å²) in [4.78, 5) is 0. The molecule has 3 aromatic carbocycles. The van der Waals surface area contributed by atoms with Gasteiger partial charge >= 0.3 is 0 Å². The van der Waals surface area contributed by atoms with E-state index in [0.717, 1.165) is 36.0 Å². The van der Waals surface area contributed by atoms with Gasteiger partial charge in [0.05, 0.1) is 0 Å². The standard InChI is InChI=1S/C25H29NO2/c1-25(2,3)17-10-12-18(13-11-17)28-24-16-26-15-14-22(24)20-6-4-8-21-19(20)7-5-9-23(21)27/h4-13,22,24,26-27H,14-16H2,1-3H3. The smallest absolute Gasteiger partial charge is 0.123 e. The van der Waals surface area contributed by atoms with Crippen molar-refractivity contribution in [2.75, 3.05) is 13.1 Å². The van der Waals surface area contributed by atoms with Crippen LogP contribution in [0.15, 0.2) is 60.7 Å². The van der Waals surface area contributed by atoms with Crippen LogP contribution in [0.1, 0.15) is 44.2 Å². The topological polar surface area (TPSA) is 41.5 Å². The maximum atomic E-state index is 10.2. The molecule has 28 heavy (non-hydrogen) atoms. The third-order valence-electron chi connectivity index (χ3n) is 5.77. The molecule has 4 rings (SSSR count). The van der Waals surface area contributed by atoms with Crippen LogP contribution in [0.2, 0.25) is 0 Å². The van der Waals surface area contributed by atoms with E-state index in [1.807, 2.05) is 18.2 Å². The van der Waals surface area contributed by atoms with Crippen LogP contribution < -0.4 is 10.1 Å². The van der Waals surface area contributed by atoms with Gasteiger partial charge in [-0.1, -0.05) is 63.2 Å². The lowest BCUT2D eigenvalue weighted by Crippen LogP contribution is -2.42. The molecule has 3 aromatic rings. The summed E-state index contributed by atoms with van der Waals surface area (Å²) in [6, 6.07) is 20.5. The number of rotatable bonds is 3. The number of aromatic hydroxyl groups is 1. The molecule has 0 aromatic heterocycles. The fourth-order valence-corrected chi connectivity index (χ4v) is 4.16. The van der Waals surface area contributed by atoms with Gasteiger partial charge in [-0.3, -0.25) is 0 Å². The van der Waals surface area contributed by atoms with E-state index in [9.17, 15) is 5.11 Å². The van der Waals surface area contributed by atoms with Crippen molar-refractivity contribution in [3.63, 3.8) is 0 Å². The van der Waals surface area contributed by atoms with Crippen molar-refractivity contribution >= 4 is 10.8 Å². The highest BCUT2D eigenvalue weighted by Gasteiger charge is 2.29. The van der Waals surface area contributed by atoms with E-state index in [-0.39, 0.29) is 17.4 Å². The second-order valence-corrected chi connectivity index (χ2v) is 8.75. The Morgan fingerprint density at radius 2 is 1.64 bits per heavy atom. The van der Waals surface area contributed by atoms with Crippen molar-refractivity contribution in [2.24, 2.45) is 0 Å². The molecule has 0 spiro atoms. The number of hydrogen-bond acceptors (Lipinski definition) is 3. The Morgan fingerprint density at radius 1 is 0.929 bits per heavy atom. The van der Waals surface area contributed by atoms with Crippen LogP contribution in [0.3, 0.4) is 0 Å². The van der Waals surface area contributed by atoms with E-state index in [4.69, 9.17) is 4.74 Å². The fraction of sp³-hybridized carbons (Fsp3) is 0.360.